The second kappa shape index (κ2) is 12.0. The predicted octanol–water partition coefficient (Wildman–Crippen LogP) is 2.66. The minimum Gasteiger partial charge on any atom is -0.496 e. The van der Waals surface area contributed by atoms with Crippen molar-refractivity contribution < 1.29 is 9.53 Å². The van der Waals surface area contributed by atoms with Crippen molar-refractivity contribution in [1.82, 2.24) is 24.5 Å². The van der Waals surface area contributed by atoms with Crippen LogP contribution in [0.15, 0.2) is 36.7 Å². The van der Waals surface area contributed by atoms with Crippen LogP contribution in [0.1, 0.15) is 30.4 Å². The van der Waals surface area contributed by atoms with E-state index in [4.69, 9.17) is 4.74 Å². The van der Waals surface area contributed by atoms with Gasteiger partial charge in [0.2, 0.25) is 5.91 Å². The molecule has 0 radical (unpaired) electrons. The first-order valence-electron chi connectivity index (χ1n) is 11.7. The van der Waals surface area contributed by atoms with Crippen molar-refractivity contribution in [3.05, 3.63) is 47.8 Å². The third-order valence-electron chi connectivity index (χ3n) is 6.22. The molecule has 0 aliphatic carbocycles. The molecule has 1 fully saturated rings. The van der Waals surface area contributed by atoms with Gasteiger partial charge in [-0.05, 0) is 57.5 Å². The van der Waals surface area contributed by atoms with Gasteiger partial charge in [0.1, 0.15) is 5.75 Å². The lowest BCUT2D eigenvalue weighted by Gasteiger charge is -2.36. The molecular formula is C25H39N5O2. The number of carbonyl (C=O) groups is 1. The molecule has 0 spiro atoms. The molecule has 0 saturated carbocycles. The van der Waals surface area contributed by atoms with Gasteiger partial charge in [-0.25, -0.2) is 0 Å². The smallest absolute Gasteiger partial charge is 0.222 e. The summed E-state index contributed by atoms with van der Waals surface area (Å²) in [5, 5.41) is 4.22. The van der Waals surface area contributed by atoms with E-state index in [2.05, 4.69) is 46.0 Å². The summed E-state index contributed by atoms with van der Waals surface area (Å²) in [5.41, 5.74) is 2.35. The number of rotatable bonds is 11. The molecule has 0 unspecified atom stereocenters. The Morgan fingerprint density at radius 1 is 1.25 bits per heavy atom. The highest BCUT2D eigenvalue weighted by molar-refractivity contribution is 5.76. The van der Waals surface area contributed by atoms with Gasteiger partial charge in [0.05, 0.1) is 13.3 Å². The molecule has 1 saturated heterocycles. The number of amides is 1. The molecule has 3 rings (SSSR count). The molecule has 32 heavy (non-hydrogen) atoms. The van der Waals surface area contributed by atoms with Crippen molar-refractivity contribution in [3.63, 3.8) is 0 Å². The Kier molecular flexibility index (Phi) is 9.11. The number of para-hydroxylation sites is 1. The zero-order valence-electron chi connectivity index (χ0n) is 20.2. The average molecular weight is 442 g/mol. The molecule has 7 nitrogen and oxygen atoms in total. The summed E-state index contributed by atoms with van der Waals surface area (Å²) in [5.74, 6) is 1.70. The zero-order valence-corrected chi connectivity index (χ0v) is 20.2. The van der Waals surface area contributed by atoms with Crippen molar-refractivity contribution in [1.29, 1.82) is 0 Å². The highest BCUT2D eigenvalue weighted by atomic mass is 16.5. The molecule has 1 aromatic heterocycles. The fourth-order valence-corrected chi connectivity index (χ4v) is 4.48. The number of hydrogen-bond donors (Lipinski definition) is 0. The van der Waals surface area contributed by atoms with E-state index < -0.39 is 0 Å². The predicted molar refractivity (Wildman–Crippen MR) is 128 cm³/mol. The number of methoxy groups -OCH3 is 1. The number of benzene rings is 1. The number of nitrogens with zero attached hydrogens (tertiary/aromatic N) is 5. The molecule has 1 aliphatic heterocycles. The number of hydrogen-bond acceptors (Lipinski definition) is 5. The van der Waals surface area contributed by atoms with Gasteiger partial charge in [0.15, 0.2) is 0 Å². The number of likely N-dealkylation sites (N-methyl/N-ethyl adjacent to an activating group) is 1. The van der Waals surface area contributed by atoms with Gasteiger partial charge < -0.3 is 14.5 Å². The third-order valence-corrected chi connectivity index (χ3v) is 6.22. The van der Waals surface area contributed by atoms with E-state index in [9.17, 15) is 4.79 Å². The zero-order chi connectivity index (χ0) is 22.9. The van der Waals surface area contributed by atoms with Gasteiger partial charge in [0, 0.05) is 58.0 Å². The summed E-state index contributed by atoms with van der Waals surface area (Å²) in [6.07, 6.45) is 7.48. The van der Waals surface area contributed by atoms with Crippen molar-refractivity contribution in [2.45, 2.75) is 32.2 Å². The summed E-state index contributed by atoms with van der Waals surface area (Å²) >= 11 is 0. The number of ether oxygens (including phenoxy) is 1. The lowest BCUT2D eigenvalue weighted by molar-refractivity contribution is -0.132. The Balaban J connectivity index is 1.58. The monoisotopic (exact) mass is 441 g/mol. The molecule has 2 heterocycles. The van der Waals surface area contributed by atoms with Crippen LogP contribution in [0, 0.1) is 5.92 Å². The minimum absolute atomic E-state index is 0.248. The molecule has 1 aliphatic rings. The number of aromatic nitrogens is 2. The van der Waals surface area contributed by atoms with Gasteiger partial charge in [-0.15, -0.1) is 0 Å². The van der Waals surface area contributed by atoms with Crippen LogP contribution in [0.3, 0.4) is 0 Å². The number of piperidine rings is 1. The Morgan fingerprint density at radius 3 is 2.78 bits per heavy atom. The number of aryl methyl sites for hydroxylation is 2. The van der Waals surface area contributed by atoms with Gasteiger partial charge in [-0.3, -0.25) is 14.4 Å². The van der Waals surface area contributed by atoms with Crippen LogP contribution in [0.4, 0.5) is 0 Å². The van der Waals surface area contributed by atoms with E-state index in [-0.39, 0.29) is 5.91 Å². The SMILES string of the molecule is COc1ccccc1CN1CCC[C@H](CN(CCN(C)C)C(=O)CCc2cnn(C)c2)C1. The molecule has 2 aromatic rings. The summed E-state index contributed by atoms with van der Waals surface area (Å²) in [7, 11) is 7.77. The highest BCUT2D eigenvalue weighted by Gasteiger charge is 2.25. The summed E-state index contributed by atoms with van der Waals surface area (Å²) in [6, 6.07) is 8.26. The number of carbonyl (C=O) groups excluding carboxylic acids is 1. The largest absolute Gasteiger partial charge is 0.496 e. The van der Waals surface area contributed by atoms with Crippen molar-refractivity contribution in [2.24, 2.45) is 13.0 Å². The van der Waals surface area contributed by atoms with Crippen molar-refractivity contribution >= 4 is 5.91 Å². The quantitative estimate of drug-likeness (QED) is 0.537. The van der Waals surface area contributed by atoms with E-state index in [1.54, 1.807) is 11.8 Å². The Morgan fingerprint density at radius 2 is 2.06 bits per heavy atom. The lowest BCUT2D eigenvalue weighted by atomic mass is 9.96. The minimum atomic E-state index is 0.248. The summed E-state index contributed by atoms with van der Waals surface area (Å²) in [6.45, 7) is 5.51. The van der Waals surface area contributed by atoms with E-state index in [1.807, 2.05) is 31.6 Å². The van der Waals surface area contributed by atoms with Crippen LogP contribution >= 0.6 is 0 Å². The first-order valence-corrected chi connectivity index (χ1v) is 11.7. The van der Waals surface area contributed by atoms with Gasteiger partial charge >= 0.3 is 0 Å². The van der Waals surface area contributed by atoms with E-state index in [0.29, 0.717) is 12.3 Å². The average Bonchev–Trinajstić information content (AvgIpc) is 3.20. The van der Waals surface area contributed by atoms with Crippen LogP contribution in [0.5, 0.6) is 5.75 Å². The van der Waals surface area contributed by atoms with Crippen molar-refractivity contribution in [2.75, 3.05) is 53.9 Å². The van der Waals surface area contributed by atoms with Crippen LogP contribution < -0.4 is 4.74 Å². The van der Waals surface area contributed by atoms with E-state index in [0.717, 1.165) is 57.0 Å². The molecular weight excluding hydrogens is 402 g/mol. The first-order chi connectivity index (χ1) is 15.4. The lowest BCUT2D eigenvalue weighted by Crippen LogP contribution is -2.44. The standard InChI is InChI=1S/C25H39N5O2/c1-27(2)14-15-30(25(31)12-11-21-16-26-28(3)17-21)19-22-8-7-13-29(18-22)20-23-9-5-6-10-24(23)32-4/h5-6,9-10,16-17,22H,7-8,11-15,18-20H2,1-4H3/t22-/m0/s1. The molecule has 0 N–H and O–H groups in total. The topological polar surface area (TPSA) is 53.8 Å². The molecule has 176 valence electrons. The molecule has 1 aromatic carbocycles. The molecule has 1 amide bonds. The van der Waals surface area contributed by atoms with E-state index >= 15 is 0 Å². The molecule has 7 heteroatoms. The van der Waals surface area contributed by atoms with Gasteiger partial charge in [-0.2, -0.15) is 5.10 Å². The summed E-state index contributed by atoms with van der Waals surface area (Å²) < 4.78 is 7.33. The summed E-state index contributed by atoms with van der Waals surface area (Å²) in [4.78, 5) is 19.9. The fraction of sp³-hybridized carbons (Fsp3) is 0.600. The van der Waals surface area contributed by atoms with E-state index in [1.165, 1.54) is 18.4 Å². The maximum atomic E-state index is 13.1. The maximum absolute atomic E-state index is 13.1. The first kappa shape index (κ1) is 24.3. The van der Waals surface area contributed by atoms with Crippen molar-refractivity contribution in [3.8, 4) is 5.75 Å². The maximum Gasteiger partial charge on any atom is 0.222 e. The second-order valence-corrected chi connectivity index (χ2v) is 9.22. The molecule has 0 bridgehead atoms. The second-order valence-electron chi connectivity index (χ2n) is 9.22. The Hall–Kier alpha value is -2.38. The normalized spacial score (nSPS) is 17.0. The highest BCUT2D eigenvalue weighted by Crippen LogP contribution is 2.24. The third kappa shape index (κ3) is 7.35. The van der Waals surface area contributed by atoms with Crippen LogP contribution in [-0.2, 0) is 24.8 Å². The van der Waals surface area contributed by atoms with Crippen LogP contribution in [0.25, 0.3) is 0 Å². The Bertz CT molecular complexity index is 850. The van der Waals surface area contributed by atoms with Gasteiger partial charge in [-0.1, -0.05) is 18.2 Å². The molecule has 1 atom stereocenters. The fourth-order valence-electron chi connectivity index (χ4n) is 4.48. The van der Waals surface area contributed by atoms with Crippen LogP contribution in [-0.4, -0.2) is 84.3 Å². The van der Waals surface area contributed by atoms with Gasteiger partial charge in [0.25, 0.3) is 0 Å². The number of likely N-dealkylation sites (tertiary alicyclic amines) is 1. The van der Waals surface area contributed by atoms with Crippen LogP contribution in [0.2, 0.25) is 0 Å². The Labute approximate surface area is 192 Å².